The molecule has 0 spiro atoms. The van der Waals surface area contributed by atoms with E-state index in [0.29, 0.717) is 21.0 Å². The zero-order valence-electron chi connectivity index (χ0n) is 21.9. The number of anilines is 1. The Balaban J connectivity index is 1.67. The standard InChI is InChI=1S/C31H26FNO3S3/c1-5-36-29(35)26-25(19-9-7-6-8-10-19)38-30(39-26)24-22-17-18(2)11-16-23(22)33(31(3,4)27(24)37)28(34)20-12-14-21(32)15-13-20/h6-17H,5H2,1-4H3/b30-24-. The van der Waals surface area contributed by atoms with Crippen LogP contribution in [0.5, 0.6) is 0 Å². The second kappa shape index (κ2) is 10.8. The maximum Gasteiger partial charge on any atom is 0.346 e. The van der Waals surface area contributed by atoms with Crippen molar-refractivity contribution in [3.63, 3.8) is 0 Å². The predicted molar refractivity (Wildman–Crippen MR) is 163 cm³/mol. The van der Waals surface area contributed by atoms with E-state index in [4.69, 9.17) is 17.0 Å². The van der Waals surface area contributed by atoms with Gasteiger partial charge in [0.05, 0.1) is 26.9 Å². The van der Waals surface area contributed by atoms with Crippen molar-refractivity contribution >= 4 is 68.6 Å². The maximum absolute atomic E-state index is 13.8. The van der Waals surface area contributed by atoms with Gasteiger partial charge in [0.15, 0.2) is 0 Å². The number of thioether (sulfide) groups is 2. The highest BCUT2D eigenvalue weighted by Crippen LogP contribution is 2.58. The Morgan fingerprint density at radius 1 is 1.00 bits per heavy atom. The SMILES string of the molecule is CCOC(=O)C1=C(c2ccccc2)S/C(=C2/C(=S)C(C)(C)N(C(=O)c3ccc(F)cc3)c3ccc(C)cc32)S1. The lowest BCUT2D eigenvalue weighted by molar-refractivity contribution is -0.137. The second-order valence-corrected chi connectivity index (χ2v) is 12.4. The van der Waals surface area contributed by atoms with Crippen LogP contribution < -0.4 is 4.90 Å². The summed E-state index contributed by atoms with van der Waals surface area (Å²) in [7, 11) is 0. The van der Waals surface area contributed by atoms with Crippen molar-refractivity contribution in [2.45, 2.75) is 33.2 Å². The summed E-state index contributed by atoms with van der Waals surface area (Å²) in [6, 6.07) is 21.2. The lowest BCUT2D eigenvalue weighted by Crippen LogP contribution is -2.56. The lowest BCUT2D eigenvalue weighted by atomic mass is 9.82. The van der Waals surface area contributed by atoms with Crippen LogP contribution in [0.3, 0.4) is 0 Å². The molecule has 0 radical (unpaired) electrons. The number of amides is 1. The van der Waals surface area contributed by atoms with Gasteiger partial charge in [-0.15, -0.1) is 0 Å². The Bertz CT molecular complexity index is 1560. The van der Waals surface area contributed by atoms with E-state index in [1.807, 2.05) is 69.3 Å². The van der Waals surface area contributed by atoms with Crippen LogP contribution in [0, 0.1) is 12.7 Å². The normalized spacial score (nSPS) is 18.3. The van der Waals surface area contributed by atoms with Gasteiger partial charge in [-0.05, 0) is 69.7 Å². The number of esters is 1. The fourth-order valence-electron chi connectivity index (χ4n) is 4.68. The number of ether oxygens (including phenoxy) is 1. The van der Waals surface area contributed by atoms with Gasteiger partial charge in [-0.3, -0.25) is 9.69 Å². The first kappa shape index (κ1) is 27.4. The third-order valence-corrected chi connectivity index (χ3v) is 9.93. The van der Waals surface area contributed by atoms with Gasteiger partial charge in [-0.25, -0.2) is 9.18 Å². The average molecular weight is 576 g/mol. The van der Waals surface area contributed by atoms with E-state index in [1.54, 1.807) is 11.8 Å². The first-order valence-electron chi connectivity index (χ1n) is 12.5. The summed E-state index contributed by atoms with van der Waals surface area (Å²) in [6.45, 7) is 7.89. The molecule has 0 atom stereocenters. The van der Waals surface area contributed by atoms with Crippen molar-refractivity contribution in [1.29, 1.82) is 0 Å². The van der Waals surface area contributed by atoms with E-state index >= 15 is 0 Å². The summed E-state index contributed by atoms with van der Waals surface area (Å²) in [4.78, 5) is 30.5. The van der Waals surface area contributed by atoms with Crippen LogP contribution in [0.4, 0.5) is 10.1 Å². The van der Waals surface area contributed by atoms with Crippen molar-refractivity contribution in [3.8, 4) is 0 Å². The third kappa shape index (κ3) is 4.97. The summed E-state index contributed by atoms with van der Waals surface area (Å²) in [6.07, 6.45) is 0. The quantitative estimate of drug-likeness (QED) is 0.178. The summed E-state index contributed by atoms with van der Waals surface area (Å²) in [5.74, 6) is -1.04. The van der Waals surface area contributed by atoms with Crippen LogP contribution in [0.15, 0.2) is 81.9 Å². The Hall–Kier alpha value is -3.20. The molecule has 2 aliphatic heterocycles. The van der Waals surface area contributed by atoms with Crippen LogP contribution in [0.25, 0.3) is 10.5 Å². The number of halogens is 1. The van der Waals surface area contributed by atoms with E-state index in [9.17, 15) is 14.0 Å². The number of rotatable bonds is 4. The number of hydrogen-bond acceptors (Lipinski definition) is 6. The molecule has 0 bridgehead atoms. The number of aryl methyl sites for hydroxylation is 1. The van der Waals surface area contributed by atoms with Crippen molar-refractivity contribution in [1.82, 2.24) is 0 Å². The third-order valence-electron chi connectivity index (χ3n) is 6.59. The molecule has 4 nitrogen and oxygen atoms in total. The molecule has 0 N–H and O–H groups in total. The number of benzene rings is 3. The Morgan fingerprint density at radius 3 is 2.36 bits per heavy atom. The number of thiocarbonyl (C=S) groups is 1. The van der Waals surface area contributed by atoms with Crippen molar-refractivity contribution < 1.29 is 18.7 Å². The van der Waals surface area contributed by atoms with Gasteiger partial charge in [-0.1, -0.05) is 77.7 Å². The molecule has 2 heterocycles. The molecule has 39 heavy (non-hydrogen) atoms. The Labute approximate surface area is 241 Å². The van der Waals surface area contributed by atoms with E-state index in [-0.39, 0.29) is 18.5 Å². The van der Waals surface area contributed by atoms with Gasteiger partial charge >= 0.3 is 5.97 Å². The lowest BCUT2D eigenvalue weighted by Gasteiger charge is -2.45. The molecule has 0 unspecified atom stereocenters. The molecule has 3 aromatic carbocycles. The predicted octanol–water partition coefficient (Wildman–Crippen LogP) is 8.02. The van der Waals surface area contributed by atoms with Crippen LogP contribution in [0.1, 0.15) is 47.8 Å². The first-order chi connectivity index (χ1) is 18.6. The molecule has 5 rings (SSSR count). The van der Waals surface area contributed by atoms with Crippen LogP contribution in [-0.2, 0) is 9.53 Å². The van der Waals surface area contributed by atoms with Gasteiger partial charge in [0.2, 0.25) is 0 Å². The minimum absolute atomic E-state index is 0.265. The highest BCUT2D eigenvalue weighted by Gasteiger charge is 2.46. The van der Waals surface area contributed by atoms with E-state index in [0.717, 1.165) is 31.4 Å². The van der Waals surface area contributed by atoms with Gasteiger partial charge < -0.3 is 4.74 Å². The topological polar surface area (TPSA) is 46.6 Å². The monoisotopic (exact) mass is 575 g/mol. The molecule has 0 fully saturated rings. The van der Waals surface area contributed by atoms with Gasteiger partial charge in [0.1, 0.15) is 10.7 Å². The van der Waals surface area contributed by atoms with Crippen LogP contribution in [0.2, 0.25) is 0 Å². The highest BCUT2D eigenvalue weighted by atomic mass is 32.2. The maximum atomic E-state index is 13.8. The number of carbonyl (C=O) groups excluding carboxylic acids is 2. The van der Waals surface area contributed by atoms with Crippen molar-refractivity contribution in [2.75, 3.05) is 11.5 Å². The molecule has 0 saturated carbocycles. The highest BCUT2D eigenvalue weighted by molar-refractivity contribution is 8.32. The fourth-order valence-corrected chi connectivity index (χ4v) is 7.81. The Kier molecular flexibility index (Phi) is 7.55. The fraction of sp³-hybridized carbons (Fsp3) is 0.194. The van der Waals surface area contributed by atoms with Gasteiger partial charge in [0.25, 0.3) is 5.91 Å². The molecule has 0 aliphatic carbocycles. The molecule has 0 aromatic heterocycles. The minimum Gasteiger partial charge on any atom is -0.462 e. The molecular weight excluding hydrogens is 550 g/mol. The zero-order valence-corrected chi connectivity index (χ0v) is 24.4. The van der Waals surface area contributed by atoms with Crippen LogP contribution >= 0.6 is 35.7 Å². The molecule has 8 heteroatoms. The van der Waals surface area contributed by atoms with Crippen molar-refractivity contribution in [2.24, 2.45) is 0 Å². The largest absolute Gasteiger partial charge is 0.462 e. The van der Waals surface area contributed by atoms with Gasteiger partial charge in [-0.2, -0.15) is 0 Å². The Morgan fingerprint density at radius 2 is 1.69 bits per heavy atom. The summed E-state index contributed by atoms with van der Waals surface area (Å²) >= 11 is 8.99. The number of nitrogens with zero attached hydrogens (tertiary/aromatic N) is 1. The molecule has 198 valence electrons. The van der Waals surface area contributed by atoms with E-state index in [2.05, 4.69) is 0 Å². The summed E-state index contributed by atoms with van der Waals surface area (Å²) < 4.78 is 19.9. The smallest absolute Gasteiger partial charge is 0.346 e. The molecule has 2 aliphatic rings. The minimum atomic E-state index is -0.883. The number of carbonyl (C=O) groups is 2. The van der Waals surface area contributed by atoms with Crippen LogP contribution in [-0.4, -0.2) is 28.9 Å². The van der Waals surface area contributed by atoms with Crippen molar-refractivity contribution in [3.05, 3.63) is 110 Å². The van der Waals surface area contributed by atoms with E-state index < -0.39 is 11.4 Å². The zero-order chi connectivity index (χ0) is 27.9. The summed E-state index contributed by atoms with van der Waals surface area (Å²) in [5.41, 5.74) is 3.79. The van der Waals surface area contributed by atoms with Gasteiger partial charge in [0, 0.05) is 21.6 Å². The summed E-state index contributed by atoms with van der Waals surface area (Å²) in [5, 5.41) is 0. The first-order valence-corrected chi connectivity index (χ1v) is 14.5. The van der Waals surface area contributed by atoms with E-state index in [1.165, 1.54) is 47.8 Å². The molecular formula is C31H26FNO3S3. The molecule has 0 saturated heterocycles. The second-order valence-electron chi connectivity index (χ2n) is 9.67. The number of fused-ring (bicyclic) bond motifs is 1. The molecule has 1 amide bonds. The average Bonchev–Trinajstić information content (AvgIpc) is 3.36. The number of hydrogen-bond donors (Lipinski definition) is 0. The molecule has 3 aromatic rings.